The Morgan fingerprint density at radius 2 is 2.18 bits per heavy atom. The number of carboxylic acid groups (broad SMARTS) is 1. The molecule has 0 aliphatic heterocycles. The molecule has 0 spiro atoms. The molecule has 6 nitrogen and oxygen atoms in total. The molecule has 0 atom stereocenters. The molecule has 0 fully saturated rings. The normalized spacial score (nSPS) is 10.0. The van der Waals surface area contributed by atoms with E-state index < -0.39 is 5.97 Å². The van der Waals surface area contributed by atoms with E-state index in [1.165, 1.54) is 6.26 Å². The van der Waals surface area contributed by atoms with Crippen molar-refractivity contribution >= 4 is 5.97 Å². The van der Waals surface area contributed by atoms with E-state index >= 15 is 0 Å². The lowest BCUT2D eigenvalue weighted by Crippen LogP contribution is -3.00. The van der Waals surface area contributed by atoms with Crippen LogP contribution in [-0.2, 0) is 6.54 Å². The van der Waals surface area contributed by atoms with Gasteiger partial charge >= 0.3 is 5.97 Å². The monoisotopic (exact) mass is 361 g/mol. The highest BCUT2D eigenvalue weighted by Crippen LogP contribution is 2.13. The van der Waals surface area contributed by atoms with E-state index in [1.54, 1.807) is 41.5 Å². The Morgan fingerprint density at radius 1 is 1.32 bits per heavy atom. The van der Waals surface area contributed by atoms with E-state index in [9.17, 15) is 4.79 Å². The van der Waals surface area contributed by atoms with Crippen molar-refractivity contribution in [2.45, 2.75) is 6.54 Å². The minimum absolute atomic E-state index is 0. The summed E-state index contributed by atoms with van der Waals surface area (Å²) in [5.41, 5.74) is 1.93. The third-order valence-corrected chi connectivity index (χ3v) is 2.97. The van der Waals surface area contributed by atoms with Crippen molar-refractivity contribution < 1.29 is 36.0 Å². The first-order chi connectivity index (χ1) is 10.2. The molecule has 3 aromatic rings. The standard InChI is InChI=1S/C15H11N3O3.BrH/c19-15(20)12-3-1-2-11(8-12)10-18-6-4-13(9-17-18)14-16-5-7-21-14;/h1-9H,10H2;1H. The summed E-state index contributed by atoms with van der Waals surface area (Å²) in [6.45, 7) is 0.493. The lowest BCUT2D eigenvalue weighted by molar-refractivity contribution is -0.746. The average Bonchev–Trinajstić information content (AvgIpc) is 3.02. The van der Waals surface area contributed by atoms with Crippen LogP contribution in [0.3, 0.4) is 0 Å². The smallest absolute Gasteiger partial charge is 0.335 e. The fourth-order valence-corrected chi connectivity index (χ4v) is 1.96. The summed E-state index contributed by atoms with van der Waals surface area (Å²) in [6.07, 6.45) is 6.54. The topological polar surface area (TPSA) is 80.1 Å². The van der Waals surface area contributed by atoms with Crippen LogP contribution < -0.4 is 21.7 Å². The number of aromatic carboxylic acids is 1. The minimum atomic E-state index is -0.936. The van der Waals surface area contributed by atoms with Crippen molar-refractivity contribution in [2.75, 3.05) is 0 Å². The van der Waals surface area contributed by atoms with Crippen LogP contribution in [0.4, 0.5) is 0 Å². The largest absolute Gasteiger partial charge is 1.00 e. The van der Waals surface area contributed by atoms with Gasteiger partial charge in [0.15, 0.2) is 12.7 Å². The van der Waals surface area contributed by atoms with E-state index in [0.717, 1.165) is 11.1 Å². The number of oxazole rings is 1. The summed E-state index contributed by atoms with van der Waals surface area (Å²) in [4.78, 5) is 15.0. The third kappa shape index (κ3) is 3.56. The van der Waals surface area contributed by atoms with Gasteiger partial charge in [-0.15, -0.1) is 0 Å². The first kappa shape index (κ1) is 15.8. The van der Waals surface area contributed by atoms with Gasteiger partial charge in [0.05, 0.1) is 17.3 Å². The molecular weight excluding hydrogens is 350 g/mol. The van der Waals surface area contributed by atoms with Crippen molar-refractivity contribution in [3.8, 4) is 11.5 Å². The van der Waals surface area contributed by atoms with E-state index in [4.69, 9.17) is 9.52 Å². The molecule has 1 aromatic carbocycles. The van der Waals surface area contributed by atoms with Crippen molar-refractivity contribution in [1.82, 2.24) is 10.1 Å². The number of aromatic nitrogens is 3. The van der Waals surface area contributed by atoms with Gasteiger partial charge in [0.25, 0.3) is 0 Å². The van der Waals surface area contributed by atoms with Gasteiger partial charge in [-0.3, -0.25) is 0 Å². The predicted molar refractivity (Wildman–Crippen MR) is 72.4 cm³/mol. The number of carbonyl (C=O) groups is 1. The maximum Gasteiger partial charge on any atom is 0.335 e. The van der Waals surface area contributed by atoms with Crippen LogP contribution in [0, 0.1) is 0 Å². The molecule has 0 unspecified atom stereocenters. The summed E-state index contributed by atoms with van der Waals surface area (Å²) in [7, 11) is 0. The quantitative estimate of drug-likeness (QED) is 0.589. The van der Waals surface area contributed by atoms with E-state index in [-0.39, 0.29) is 22.5 Å². The summed E-state index contributed by atoms with van der Waals surface area (Å²) < 4.78 is 6.91. The number of carboxylic acids is 1. The Morgan fingerprint density at radius 3 is 2.82 bits per heavy atom. The average molecular weight is 362 g/mol. The van der Waals surface area contributed by atoms with E-state index in [2.05, 4.69) is 10.1 Å². The molecule has 22 heavy (non-hydrogen) atoms. The number of halogens is 1. The number of nitrogens with zero attached hydrogens (tertiary/aromatic N) is 3. The summed E-state index contributed by atoms with van der Waals surface area (Å²) >= 11 is 0. The van der Waals surface area contributed by atoms with Gasteiger partial charge in [0.2, 0.25) is 5.89 Å². The predicted octanol–water partition coefficient (Wildman–Crippen LogP) is -1.23. The lowest BCUT2D eigenvalue weighted by Gasteiger charge is -1.99. The van der Waals surface area contributed by atoms with Crippen molar-refractivity contribution in [3.05, 3.63) is 66.3 Å². The molecule has 0 aliphatic rings. The first-order valence-corrected chi connectivity index (χ1v) is 6.30. The first-order valence-electron chi connectivity index (χ1n) is 6.30. The Labute approximate surface area is 136 Å². The molecule has 2 heterocycles. The highest BCUT2D eigenvalue weighted by atomic mass is 79.9. The lowest BCUT2D eigenvalue weighted by atomic mass is 10.1. The molecule has 0 amide bonds. The van der Waals surface area contributed by atoms with Crippen LogP contribution in [0.1, 0.15) is 15.9 Å². The summed E-state index contributed by atoms with van der Waals surface area (Å²) in [6, 6.07) is 8.64. The summed E-state index contributed by atoms with van der Waals surface area (Å²) in [5.74, 6) is -0.420. The van der Waals surface area contributed by atoms with Crippen LogP contribution in [0.25, 0.3) is 11.5 Å². The second kappa shape index (κ2) is 6.95. The van der Waals surface area contributed by atoms with Crippen molar-refractivity contribution in [2.24, 2.45) is 0 Å². The maximum absolute atomic E-state index is 10.9. The molecule has 0 aliphatic carbocycles. The van der Waals surface area contributed by atoms with Gasteiger partial charge in [-0.1, -0.05) is 16.8 Å². The van der Waals surface area contributed by atoms with Crippen LogP contribution in [0.5, 0.6) is 0 Å². The minimum Gasteiger partial charge on any atom is -1.00 e. The fourth-order valence-electron chi connectivity index (χ4n) is 1.96. The SMILES string of the molecule is O=C(O)c1cccc(C[n+]2ccc(-c3ncco3)cn2)c1.[Br-]. The highest BCUT2D eigenvalue weighted by molar-refractivity contribution is 5.87. The molecule has 112 valence electrons. The molecule has 0 radical (unpaired) electrons. The van der Waals surface area contributed by atoms with Crippen LogP contribution >= 0.6 is 0 Å². The zero-order chi connectivity index (χ0) is 14.7. The van der Waals surface area contributed by atoms with Gasteiger partial charge < -0.3 is 26.5 Å². The second-order valence-corrected chi connectivity index (χ2v) is 4.46. The van der Waals surface area contributed by atoms with Crippen molar-refractivity contribution in [1.29, 1.82) is 0 Å². The Balaban J connectivity index is 0.00000176. The number of hydrogen-bond acceptors (Lipinski definition) is 4. The molecule has 3 rings (SSSR count). The second-order valence-electron chi connectivity index (χ2n) is 4.46. The van der Waals surface area contributed by atoms with Gasteiger partial charge in [-0.05, 0) is 17.2 Å². The Hall–Kier alpha value is -2.54. The zero-order valence-corrected chi connectivity index (χ0v) is 13.0. The van der Waals surface area contributed by atoms with Gasteiger partial charge in [-0.2, -0.15) is 0 Å². The van der Waals surface area contributed by atoms with Gasteiger partial charge in [0, 0.05) is 11.6 Å². The van der Waals surface area contributed by atoms with Crippen LogP contribution in [-0.4, -0.2) is 21.2 Å². The molecular formula is C15H12BrN3O3. The number of benzene rings is 1. The molecule has 1 N–H and O–H groups in total. The molecule has 0 saturated carbocycles. The molecule has 0 bridgehead atoms. The summed E-state index contributed by atoms with van der Waals surface area (Å²) in [5, 5.41) is 13.3. The Kier molecular flexibility index (Phi) is 5.00. The molecule has 7 heteroatoms. The fraction of sp³-hybridized carbons (Fsp3) is 0.0667. The maximum atomic E-state index is 10.9. The molecule has 2 aromatic heterocycles. The van der Waals surface area contributed by atoms with Crippen molar-refractivity contribution in [3.63, 3.8) is 0 Å². The van der Waals surface area contributed by atoms with Gasteiger partial charge in [0.1, 0.15) is 12.5 Å². The van der Waals surface area contributed by atoms with Crippen LogP contribution in [0.2, 0.25) is 0 Å². The molecule has 0 saturated heterocycles. The zero-order valence-electron chi connectivity index (χ0n) is 11.4. The van der Waals surface area contributed by atoms with E-state index in [0.29, 0.717) is 12.4 Å². The third-order valence-electron chi connectivity index (χ3n) is 2.97. The number of hydrogen-bond donors (Lipinski definition) is 1. The van der Waals surface area contributed by atoms with Gasteiger partial charge in [-0.25, -0.2) is 9.78 Å². The van der Waals surface area contributed by atoms with E-state index in [1.807, 2.05) is 12.1 Å². The Bertz CT molecular complexity index is 758. The highest BCUT2D eigenvalue weighted by Gasteiger charge is 2.10. The number of rotatable bonds is 4. The van der Waals surface area contributed by atoms with Crippen LogP contribution in [0.15, 0.2) is 59.6 Å².